The Morgan fingerprint density at radius 2 is 2.47 bits per heavy atom. The normalized spacial score (nSPS) is 25.4. The highest BCUT2D eigenvalue weighted by atomic mass is 16.5. The molecule has 0 radical (unpaired) electrons. The van der Waals surface area contributed by atoms with Gasteiger partial charge in [0.25, 0.3) is 0 Å². The summed E-state index contributed by atoms with van der Waals surface area (Å²) in [6.45, 7) is 6.54. The Bertz CT molecular complexity index is 381. The number of nitrogens with one attached hydrogen (secondary N) is 1. The highest BCUT2D eigenvalue weighted by Gasteiger charge is 2.26. The molecule has 5 heteroatoms. The molecule has 0 bridgehead atoms. The average Bonchev–Trinajstić information content (AvgIpc) is 2.83. The monoisotopic (exact) mass is 267 g/mol. The summed E-state index contributed by atoms with van der Waals surface area (Å²) >= 11 is 0. The zero-order chi connectivity index (χ0) is 13.7. The van der Waals surface area contributed by atoms with Crippen molar-refractivity contribution in [3.63, 3.8) is 0 Å². The molecular weight excluding hydrogens is 242 g/mol. The molecule has 1 N–H and O–H groups in total. The fourth-order valence-corrected chi connectivity index (χ4v) is 2.58. The van der Waals surface area contributed by atoms with Crippen molar-refractivity contribution >= 4 is 0 Å². The lowest BCUT2D eigenvalue weighted by molar-refractivity contribution is -0.00764. The maximum absolute atomic E-state index is 5.86. The molecule has 1 aliphatic rings. The second-order valence-electron chi connectivity index (χ2n) is 5.24. The minimum absolute atomic E-state index is 0.151. The van der Waals surface area contributed by atoms with Crippen molar-refractivity contribution in [2.24, 2.45) is 7.05 Å². The van der Waals surface area contributed by atoms with Gasteiger partial charge in [-0.25, -0.2) is 4.98 Å². The van der Waals surface area contributed by atoms with Gasteiger partial charge in [0.2, 0.25) is 0 Å². The van der Waals surface area contributed by atoms with E-state index in [1.54, 1.807) is 0 Å². The highest BCUT2D eigenvalue weighted by molar-refractivity contribution is 5.04. The SMILES string of the molecule is CCOC[C@H](C)N[C@H]1CCO[C@@H](c2cncn2C)C1. The molecule has 1 fully saturated rings. The van der Waals surface area contributed by atoms with Crippen molar-refractivity contribution in [1.82, 2.24) is 14.9 Å². The van der Waals surface area contributed by atoms with Gasteiger partial charge in [0, 0.05) is 32.3 Å². The summed E-state index contributed by atoms with van der Waals surface area (Å²) < 4.78 is 13.3. The molecule has 5 nitrogen and oxygen atoms in total. The predicted octanol–water partition coefficient (Wildman–Crippen LogP) is 1.65. The van der Waals surface area contributed by atoms with E-state index < -0.39 is 0 Å². The van der Waals surface area contributed by atoms with E-state index in [2.05, 4.69) is 17.2 Å². The highest BCUT2D eigenvalue weighted by Crippen LogP contribution is 2.27. The zero-order valence-corrected chi connectivity index (χ0v) is 12.1. The molecule has 0 unspecified atom stereocenters. The largest absolute Gasteiger partial charge is 0.380 e. The van der Waals surface area contributed by atoms with E-state index in [9.17, 15) is 0 Å². The number of ether oxygens (including phenoxy) is 2. The van der Waals surface area contributed by atoms with Gasteiger partial charge in [-0.3, -0.25) is 0 Å². The number of hydrogen-bond acceptors (Lipinski definition) is 4. The second kappa shape index (κ2) is 7.03. The van der Waals surface area contributed by atoms with Crippen LogP contribution in [0.4, 0.5) is 0 Å². The van der Waals surface area contributed by atoms with Crippen molar-refractivity contribution in [3.05, 3.63) is 18.2 Å². The molecule has 1 saturated heterocycles. The second-order valence-corrected chi connectivity index (χ2v) is 5.24. The minimum atomic E-state index is 0.151. The molecule has 2 rings (SSSR count). The standard InChI is InChI=1S/C14H25N3O2/c1-4-18-9-11(2)16-12-5-6-19-14(7-12)13-8-15-10-17(13)3/h8,10-12,14,16H,4-7,9H2,1-3H3/t11-,12-,14+/m0/s1. The molecule has 1 aromatic rings. The third kappa shape index (κ3) is 4.03. The molecule has 0 amide bonds. The first-order valence-corrected chi connectivity index (χ1v) is 7.12. The first-order chi connectivity index (χ1) is 9.20. The van der Waals surface area contributed by atoms with E-state index in [1.807, 2.05) is 31.1 Å². The third-order valence-electron chi connectivity index (χ3n) is 3.56. The lowest BCUT2D eigenvalue weighted by Gasteiger charge is -2.32. The van der Waals surface area contributed by atoms with Gasteiger partial charge >= 0.3 is 0 Å². The van der Waals surface area contributed by atoms with E-state index in [0.29, 0.717) is 12.1 Å². The van der Waals surface area contributed by atoms with Crippen molar-refractivity contribution in [3.8, 4) is 0 Å². The van der Waals surface area contributed by atoms with Crippen LogP contribution in [-0.2, 0) is 16.5 Å². The summed E-state index contributed by atoms with van der Waals surface area (Å²) in [5, 5.41) is 3.63. The number of aryl methyl sites for hydroxylation is 1. The summed E-state index contributed by atoms with van der Waals surface area (Å²) in [5.41, 5.74) is 1.16. The Labute approximate surface area is 115 Å². The van der Waals surface area contributed by atoms with Gasteiger partial charge in [-0.2, -0.15) is 0 Å². The van der Waals surface area contributed by atoms with Crippen LogP contribution < -0.4 is 5.32 Å². The van der Waals surface area contributed by atoms with Gasteiger partial charge in [0.1, 0.15) is 6.10 Å². The number of aromatic nitrogens is 2. The number of imidazole rings is 1. The molecule has 2 heterocycles. The van der Waals surface area contributed by atoms with Gasteiger partial charge in [0.05, 0.1) is 24.8 Å². The molecule has 1 aromatic heterocycles. The van der Waals surface area contributed by atoms with Crippen molar-refractivity contribution in [2.45, 2.75) is 44.9 Å². The van der Waals surface area contributed by atoms with E-state index in [1.165, 1.54) is 0 Å². The van der Waals surface area contributed by atoms with Gasteiger partial charge < -0.3 is 19.4 Å². The molecule has 0 saturated carbocycles. The molecule has 1 aliphatic heterocycles. The molecule has 19 heavy (non-hydrogen) atoms. The Kier molecular flexibility index (Phi) is 5.36. The van der Waals surface area contributed by atoms with Crippen LogP contribution in [0.5, 0.6) is 0 Å². The van der Waals surface area contributed by atoms with Crippen LogP contribution in [0.25, 0.3) is 0 Å². The number of rotatable bonds is 6. The Morgan fingerprint density at radius 3 is 3.16 bits per heavy atom. The fraction of sp³-hybridized carbons (Fsp3) is 0.786. The van der Waals surface area contributed by atoms with Crippen LogP contribution >= 0.6 is 0 Å². The Hall–Kier alpha value is -0.910. The third-order valence-corrected chi connectivity index (χ3v) is 3.56. The predicted molar refractivity (Wildman–Crippen MR) is 74.0 cm³/mol. The van der Waals surface area contributed by atoms with Gasteiger partial charge in [-0.15, -0.1) is 0 Å². The van der Waals surface area contributed by atoms with Gasteiger partial charge in [-0.05, 0) is 26.7 Å². The topological polar surface area (TPSA) is 48.3 Å². The first kappa shape index (κ1) is 14.5. The quantitative estimate of drug-likeness (QED) is 0.851. The first-order valence-electron chi connectivity index (χ1n) is 7.12. The molecular formula is C14H25N3O2. The Balaban J connectivity index is 1.85. The van der Waals surface area contributed by atoms with Crippen LogP contribution in [0, 0.1) is 0 Å². The lowest BCUT2D eigenvalue weighted by atomic mass is 10.0. The molecule has 108 valence electrons. The van der Waals surface area contributed by atoms with Crippen LogP contribution in [0.3, 0.4) is 0 Å². The van der Waals surface area contributed by atoms with Gasteiger partial charge in [0.15, 0.2) is 0 Å². The maximum atomic E-state index is 5.86. The minimum Gasteiger partial charge on any atom is -0.380 e. The maximum Gasteiger partial charge on any atom is 0.100 e. The van der Waals surface area contributed by atoms with E-state index in [-0.39, 0.29) is 6.10 Å². The summed E-state index contributed by atoms with van der Waals surface area (Å²) in [4.78, 5) is 4.17. The summed E-state index contributed by atoms with van der Waals surface area (Å²) in [5.74, 6) is 0. The van der Waals surface area contributed by atoms with E-state index in [0.717, 1.165) is 38.4 Å². The van der Waals surface area contributed by atoms with Crippen molar-refractivity contribution in [2.75, 3.05) is 19.8 Å². The van der Waals surface area contributed by atoms with E-state index >= 15 is 0 Å². The molecule has 0 aromatic carbocycles. The molecule has 3 atom stereocenters. The lowest BCUT2D eigenvalue weighted by Crippen LogP contribution is -2.43. The summed E-state index contributed by atoms with van der Waals surface area (Å²) in [7, 11) is 2.01. The summed E-state index contributed by atoms with van der Waals surface area (Å²) in [6.07, 6.45) is 5.93. The van der Waals surface area contributed by atoms with Gasteiger partial charge in [-0.1, -0.05) is 0 Å². The van der Waals surface area contributed by atoms with Crippen LogP contribution in [0.15, 0.2) is 12.5 Å². The summed E-state index contributed by atoms with van der Waals surface area (Å²) in [6, 6.07) is 0.874. The number of hydrogen-bond donors (Lipinski definition) is 1. The Morgan fingerprint density at radius 1 is 1.63 bits per heavy atom. The molecule has 0 spiro atoms. The molecule has 0 aliphatic carbocycles. The zero-order valence-electron chi connectivity index (χ0n) is 12.1. The number of nitrogens with zero attached hydrogens (tertiary/aromatic N) is 2. The van der Waals surface area contributed by atoms with E-state index in [4.69, 9.17) is 9.47 Å². The van der Waals surface area contributed by atoms with Crippen LogP contribution in [-0.4, -0.2) is 41.5 Å². The van der Waals surface area contributed by atoms with Crippen LogP contribution in [0.1, 0.15) is 38.5 Å². The van der Waals surface area contributed by atoms with Crippen molar-refractivity contribution < 1.29 is 9.47 Å². The smallest absolute Gasteiger partial charge is 0.100 e. The van der Waals surface area contributed by atoms with Crippen molar-refractivity contribution in [1.29, 1.82) is 0 Å². The fourth-order valence-electron chi connectivity index (χ4n) is 2.58. The van der Waals surface area contributed by atoms with Crippen LogP contribution in [0.2, 0.25) is 0 Å². The average molecular weight is 267 g/mol.